The Kier molecular flexibility index (Phi) is 7.81. The van der Waals surface area contributed by atoms with Crippen molar-refractivity contribution in [3.8, 4) is 55.6 Å². The Hall–Kier alpha value is -8.26. The van der Waals surface area contributed by atoms with E-state index in [1.807, 2.05) is 0 Å². The van der Waals surface area contributed by atoms with E-state index in [2.05, 4.69) is 232 Å². The summed E-state index contributed by atoms with van der Waals surface area (Å²) in [6.07, 6.45) is 0. The molecule has 0 bridgehead atoms. The van der Waals surface area contributed by atoms with Crippen LogP contribution in [0.1, 0.15) is 25.0 Å². The second-order valence-corrected chi connectivity index (χ2v) is 18.7. The normalized spacial score (nSPS) is 13.1. The molecule has 0 N–H and O–H groups in total. The van der Waals surface area contributed by atoms with Crippen LogP contribution in [-0.4, -0.2) is 0 Å². The zero-order valence-electron chi connectivity index (χ0n) is 36.7. The van der Waals surface area contributed by atoms with Crippen molar-refractivity contribution >= 4 is 75.8 Å². The van der Waals surface area contributed by atoms with Crippen molar-refractivity contribution in [3.63, 3.8) is 0 Å². The highest BCUT2D eigenvalue weighted by Crippen LogP contribution is 2.55. The molecular formula is C65H42O. The minimum absolute atomic E-state index is 0.138. The Bertz CT molecular complexity index is 4140. The summed E-state index contributed by atoms with van der Waals surface area (Å²) >= 11 is 0. The lowest BCUT2D eigenvalue weighted by molar-refractivity contribution is 0.666. The monoisotopic (exact) mass is 838 g/mol. The quantitative estimate of drug-likeness (QED) is 0.127. The van der Waals surface area contributed by atoms with Gasteiger partial charge in [-0.05, 0) is 157 Å². The molecule has 0 saturated heterocycles. The van der Waals surface area contributed by atoms with Gasteiger partial charge in [0.1, 0.15) is 11.2 Å². The molecular weight excluding hydrogens is 797 g/mol. The molecule has 1 heterocycles. The maximum absolute atomic E-state index is 6.60. The number of hydrogen-bond acceptors (Lipinski definition) is 1. The Morgan fingerprint density at radius 2 is 0.758 bits per heavy atom. The fourth-order valence-corrected chi connectivity index (χ4v) is 11.8. The first-order chi connectivity index (χ1) is 32.5. The average molecular weight is 839 g/mol. The SMILES string of the molecule is CC1(C)c2ccc(-c3ccc4oc5ccc(-c6c7ccccc7c(-c7ccccc7-c7ccc8ccccc8c7)c7ccccc67)cc5c4c3)cc2-c2c1c1ccccc1c1ccccc21. The van der Waals surface area contributed by atoms with Gasteiger partial charge in [-0.3, -0.25) is 0 Å². The first kappa shape index (κ1) is 37.1. The fraction of sp³-hybridized carbons (Fsp3) is 0.0462. The number of fused-ring (bicyclic) bond motifs is 14. The molecule has 1 aromatic heterocycles. The lowest BCUT2D eigenvalue weighted by Crippen LogP contribution is -2.15. The third-order valence-corrected chi connectivity index (χ3v) is 14.8. The summed E-state index contributed by atoms with van der Waals surface area (Å²) in [4.78, 5) is 0. The van der Waals surface area contributed by atoms with Crippen LogP contribution in [0, 0.1) is 0 Å². The lowest BCUT2D eigenvalue weighted by atomic mass is 9.79. The van der Waals surface area contributed by atoms with Crippen LogP contribution in [0.15, 0.2) is 223 Å². The summed E-state index contributed by atoms with van der Waals surface area (Å²) in [5, 5.41) is 15.0. The Balaban J connectivity index is 0.938. The predicted octanol–water partition coefficient (Wildman–Crippen LogP) is 18.3. The first-order valence-electron chi connectivity index (χ1n) is 23.1. The zero-order valence-corrected chi connectivity index (χ0v) is 36.7. The summed E-state index contributed by atoms with van der Waals surface area (Å²) in [6.45, 7) is 4.79. The number of furan rings is 1. The summed E-state index contributed by atoms with van der Waals surface area (Å²) in [6, 6.07) is 80.8. The van der Waals surface area contributed by atoms with Crippen LogP contribution < -0.4 is 0 Å². The van der Waals surface area contributed by atoms with E-state index in [9.17, 15) is 0 Å². The molecule has 0 spiro atoms. The van der Waals surface area contributed by atoms with Crippen molar-refractivity contribution in [1.82, 2.24) is 0 Å². The largest absolute Gasteiger partial charge is 0.456 e. The molecule has 308 valence electrons. The lowest BCUT2D eigenvalue weighted by Gasteiger charge is -2.24. The molecule has 12 aromatic carbocycles. The summed E-state index contributed by atoms with van der Waals surface area (Å²) in [5.41, 5.74) is 16.9. The van der Waals surface area contributed by atoms with Crippen molar-refractivity contribution in [3.05, 3.63) is 230 Å². The fourth-order valence-electron chi connectivity index (χ4n) is 11.8. The Labute approximate surface area is 382 Å². The maximum atomic E-state index is 6.60. The van der Waals surface area contributed by atoms with Crippen LogP contribution in [-0.2, 0) is 5.41 Å². The van der Waals surface area contributed by atoms with Gasteiger partial charge in [-0.25, -0.2) is 0 Å². The van der Waals surface area contributed by atoms with Crippen LogP contribution in [0.5, 0.6) is 0 Å². The summed E-state index contributed by atoms with van der Waals surface area (Å²) < 4.78 is 6.60. The first-order valence-corrected chi connectivity index (χ1v) is 23.1. The molecule has 0 fully saturated rings. The number of benzene rings is 12. The summed E-state index contributed by atoms with van der Waals surface area (Å²) in [5.74, 6) is 0. The standard InChI is InChI=1S/C65H42O/c1-65(2)58-32-29-41(37-57(58)63-49-21-9-6-18-46(49)47-19-7-14-26-54(47)64(63)65)42-30-33-59-55(36-42)56-38-44(31-34-60(56)66-59)61-50-22-10-12-24-52(50)62(53-25-13-11-23-51(53)61)48-20-8-5-17-45(48)43-28-27-39-15-3-4-16-40(39)35-43/h3-38H,1-2H3. The average Bonchev–Trinajstić information content (AvgIpc) is 3.86. The molecule has 0 atom stereocenters. The molecule has 0 radical (unpaired) electrons. The van der Waals surface area contributed by atoms with Gasteiger partial charge in [-0.2, -0.15) is 0 Å². The van der Waals surface area contributed by atoms with Gasteiger partial charge < -0.3 is 4.42 Å². The van der Waals surface area contributed by atoms with Crippen LogP contribution in [0.25, 0.3) is 131 Å². The van der Waals surface area contributed by atoms with E-state index in [0.29, 0.717) is 0 Å². The van der Waals surface area contributed by atoms with Crippen molar-refractivity contribution in [2.45, 2.75) is 19.3 Å². The van der Waals surface area contributed by atoms with Gasteiger partial charge in [0.15, 0.2) is 0 Å². The minimum Gasteiger partial charge on any atom is -0.456 e. The topological polar surface area (TPSA) is 13.1 Å². The second kappa shape index (κ2) is 13.9. The third kappa shape index (κ3) is 5.29. The van der Waals surface area contributed by atoms with Gasteiger partial charge in [-0.1, -0.05) is 196 Å². The zero-order chi connectivity index (χ0) is 43.7. The highest BCUT2D eigenvalue weighted by molar-refractivity contribution is 6.23. The second-order valence-electron chi connectivity index (χ2n) is 18.7. The smallest absolute Gasteiger partial charge is 0.135 e. The van der Waals surface area contributed by atoms with Crippen LogP contribution >= 0.6 is 0 Å². The van der Waals surface area contributed by atoms with Crippen molar-refractivity contribution < 1.29 is 4.42 Å². The molecule has 0 saturated carbocycles. The van der Waals surface area contributed by atoms with E-state index in [4.69, 9.17) is 4.42 Å². The van der Waals surface area contributed by atoms with E-state index < -0.39 is 0 Å². The van der Waals surface area contributed by atoms with Crippen molar-refractivity contribution in [1.29, 1.82) is 0 Å². The van der Waals surface area contributed by atoms with E-state index in [1.54, 1.807) is 0 Å². The molecule has 1 nitrogen and oxygen atoms in total. The van der Waals surface area contributed by atoms with Gasteiger partial charge in [-0.15, -0.1) is 0 Å². The molecule has 66 heavy (non-hydrogen) atoms. The third-order valence-electron chi connectivity index (χ3n) is 14.8. The van der Waals surface area contributed by atoms with Gasteiger partial charge in [0.25, 0.3) is 0 Å². The van der Waals surface area contributed by atoms with Crippen molar-refractivity contribution in [2.24, 2.45) is 0 Å². The molecule has 0 amide bonds. The van der Waals surface area contributed by atoms with Crippen LogP contribution in [0.3, 0.4) is 0 Å². The highest BCUT2D eigenvalue weighted by Gasteiger charge is 2.38. The van der Waals surface area contributed by atoms with E-state index in [0.717, 1.165) is 21.9 Å². The van der Waals surface area contributed by atoms with E-state index in [1.165, 1.54) is 121 Å². The van der Waals surface area contributed by atoms with Gasteiger partial charge in [0.05, 0.1) is 0 Å². The molecule has 1 aliphatic carbocycles. The molecule has 13 aromatic rings. The maximum Gasteiger partial charge on any atom is 0.135 e. The minimum atomic E-state index is -0.138. The van der Waals surface area contributed by atoms with Crippen molar-refractivity contribution in [2.75, 3.05) is 0 Å². The van der Waals surface area contributed by atoms with Crippen LogP contribution in [0.4, 0.5) is 0 Å². The van der Waals surface area contributed by atoms with Crippen LogP contribution in [0.2, 0.25) is 0 Å². The van der Waals surface area contributed by atoms with E-state index >= 15 is 0 Å². The highest BCUT2D eigenvalue weighted by atomic mass is 16.3. The van der Waals surface area contributed by atoms with Gasteiger partial charge in [0, 0.05) is 16.2 Å². The molecule has 14 rings (SSSR count). The Morgan fingerprint density at radius 3 is 1.44 bits per heavy atom. The predicted molar refractivity (Wildman–Crippen MR) is 281 cm³/mol. The summed E-state index contributed by atoms with van der Waals surface area (Å²) in [7, 11) is 0. The molecule has 0 aliphatic heterocycles. The molecule has 0 unspecified atom stereocenters. The Morgan fingerprint density at radius 1 is 0.288 bits per heavy atom. The number of rotatable bonds is 4. The molecule has 1 heteroatoms. The molecule has 1 aliphatic rings. The van der Waals surface area contributed by atoms with Gasteiger partial charge >= 0.3 is 0 Å². The van der Waals surface area contributed by atoms with E-state index in [-0.39, 0.29) is 5.41 Å². The number of hydrogen-bond donors (Lipinski definition) is 0. The van der Waals surface area contributed by atoms with Gasteiger partial charge in [0.2, 0.25) is 0 Å².